The van der Waals surface area contributed by atoms with Crippen molar-refractivity contribution < 1.29 is 31.1 Å². The third kappa shape index (κ3) is 4.00. The molecule has 0 aliphatic carbocycles. The van der Waals surface area contributed by atoms with E-state index in [1.807, 2.05) is 18.7 Å². The fraction of sp³-hybridized carbons (Fsp3) is 0.778. The molecule has 14 heavy (non-hydrogen) atoms. The monoisotopic (exact) mass is 281 g/mol. The van der Waals surface area contributed by atoms with Gasteiger partial charge in [-0.2, -0.15) is 0 Å². The number of thioether (sulfide) groups is 1. The number of carbonyl (C=O) groups is 1. The van der Waals surface area contributed by atoms with Crippen molar-refractivity contribution in [3.63, 3.8) is 0 Å². The molecule has 1 aliphatic heterocycles. The van der Waals surface area contributed by atoms with E-state index in [-0.39, 0.29) is 23.0 Å². The van der Waals surface area contributed by atoms with Gasteiger partial charge in [0.05, 0.1) is 12.4 Å². The number of ether oxygens (including phenoxy) is 1. The summed E-state index contributed by atoms with van der Waals surface area (Å²) in [5.74, 6) is 0.985. The molecule has 0 saturated heterocycles. The number of nitrogens with zero attached hydrogens (tertiary/aromatic N) is 1. The summed E-state index contributed by atoms with van der Waals surface area (Å²) >= 11 is 1.85. The van der Waals surface area contributed by atoms with Gasteiger partial charge in [-0.3, -0.25) is 0 Å². The minimum Gasteiger partial charge on any atom is -1.00 e. The molecular formula is C9H16BrNO2S. The lowest BCUT2D eigenvalue weighted by atomic mass is 10.5. The maximum absolute atomic E-state index is 11.2. The van der Waals surface area contributed by atoms with E-state index >= 15 is 0 Å². The molecule has 0 fully saturated rings. The zero-order chi connectivity index (χ0) is 9.68. The topological polar surface area (TPSA) is 29.3 Å². The van der Waals surface area contributed by atoms with Gasteiger partial charge in [0.2, 0.25) is 11.6 Å². The molecule has 0 aromatic heterocycles. The Bertz CT molecular complexity index is 231. The standard InChI is InChI=1S/C9H16NO2S.BrH/c1-3-8-10(5-6-13-8)7-9(11)12-4-2;/h3-7H2,1-2H3;1H/q+1;/p-1. The van der Waals surface area contributed by atoms with E-state index in [2.05, 4.69) is 11.5 Å². The lowest BCUT2D eigenvalue weighted by Crippen LogP contribution is -3.00. The van der Waals surface area contributed by atoms with E-state index in [0.717, 1.165) is 18.7 Å². The zero-order valence-corrected chi connectivity index (χ0v) is 11.0. The largest absolute Gasteiger partial charge is 1.00 e. The van der Waals surface area contributed by atoms with Crippen molar-refractivity contribution >= 4 is 22.8 Å². The van der Waals surface area contributed by atoms with E-state index in [0.29, 0.717) is 13.2 Å². The van der Waals surface area contributed by atoms with Gasteiger partial charge in [-0.15, -0.1) is 0 Å². The average molecular weight is 282 g/mol. The summed E-state index contributed by atoms with van der Waals surface area (Å²) in [6.07, 6.45) is 1.02. The molecule has 0 bridgehead atoms. The van der Waals surface area contributed by atoms with Crippen molar-refractivity contribution in [2.24, 2.45) is 0 Å². The fourth-order valence-corrected chi connectivity index (χ4v) is 2.43. The van der Waals surface area contributed by atoms with Crippen molar-refractivity contribution in [2.75, 3.05) is 25.4 Å². The first-order chi connectivity index (χ1) is 6.27. The maximum Gasteiger partial charge on any atom is 0.372 e. The summed E-state index contributed by atoms with van der Waals surface area (Å²) in [5, 5.41) is 1.31. The molecular weight excluding hydrogens is 266 g/mol. The Morgan fingerprint density at radius 1 is 1.57 bits per heavy atom. The number of rotatable bonds is 4. The smallest absolute Gasteiger partial charge is 0.372 e. The van der Waals surface area contributed by atoms with Gasteiger partial charge >= 0.3 is 5.97 Å². The molecule has 82 valence electrons. The molecule has 0 atom stereocenters. The van der Waals surface area contributed by atoms with Gasteiger partial charge in [0.15, 0.2) is 6.54 Å². The highest BCUT2D eigenvalue weighted by molar-refractivity contribution is 8.13. The average Bonchev–Trinajstić information content (AvgIpc) is 2.52. The molecule has 3 nitrogen and oxygen atoms in total. The molecule has 0 unspecified atom stereocenters. The van der Waals surface area contributed by atoms with Gasteiger partial charge in [0.25, 0.3) is 0 Å². The van der Waals surface area contributed by atoms with Gasteiger partial charge in [0, 0.05) is 6.42 Å². The Labute approximate surface area is 99.7 Å². The highest BCUT2D eigenvalue weighted by Crippen LogP contribution is 2.13. The fourth-order valence-electron chi connectivity index (χ4n) is 1.35. The SMILES string of the molecule is CCOC(=O)C[N+]1=C(CC)SCC1.[Br-]. The lowest BCUT2D eigenvalue weighted by molar-refractivity contribution is -0.509. The maximum atomic E-state index is 11.2. The molecule has 0 amide bonds. The molecule has 0 saturated carbocycles. The third-order valence-electron chi connectivity index (χ3n) is 1.91. The summed E-state index contributed by atoms with van der Waals surface area (Å²) in [4.78, 5) is 11.2. The highest BCUT2D eigenvalue weighted by atomic mass is 79.9. The van der Waals surface area contributed by atoms with Crippen LogP contribution in [-0.4, -0.2) is 41.0 Å². The Kier molecular flexibility index (Phi) is 7.27. The first kappa shape index (κ1) is 14.0. The Morgan fingerprint density at radius 3 is 2.86 bits per heavy atom. The Hall–Kier alpha value is -0.0300. The van der Waals surface area contributed by atoms with E-state index in [1.165, 1.54) is 5.04 Å². The minimum absolute atomic E-state index is 0. The van der Waals surface area contributed by atoms with E-state index in [9.17, 15) is 4.79 Å². The van der Waals surface area contributed by atoms with Crippen LogP contribution in [0.15, 0.2) is 0 Å². The number of hydrogen-bond acceptors (Lipinski definition) is 3. The van der Waals surface area contributed by atoms with Crippen LogP contribution in [0.1, 0.15) is 20.3 Å². The second kappa shape index (κ2) is 7.29. The van der Waals surface area contributed by atoms with E-state index < -0.39 is 0 Å². The van der Waals surface area contributed by atoms with Crippen molar-refractivity contribution in [3.8, 4) is 0 Å². The molecule has 0 aromatic carbocycles. The van der Waals surface area contributed by atoms with Crippen molar-refractivity contribution in [1.29, 1.82) is 0 Å². The van der Waals surface area contributed by atoms with E-state index in [4.69, 9.17) is 4.74 Å². The van der Waals surface area contributed by atoms with Crippen LogP contribution in [0.4, 0.5) is 0 Å². The van der Waals surface area contributed by atoms with Crippen molar-refractivity contribution in [1.82, 2.24) is 0 Å². The molecule has 5 heteroatoms. The van der Waals surface area contributed by atoms with Gasteiger partial charge in [0.1, 0.15) is 0 Å². The van der Waals surface area contributed by atoms with Crippen LogP contribution in [0.2, 0.25) is 0 Å². The highest BCUT2D eigenvalue weighted by Gasteiger charge is 2.23. The first-order valence-electron chi connectivity index (χ1n) is 4.67. The van der Waals surface area contributed by atoms with Crippen LogP contribution >= 0.6 is 11.8 Å². The molecule has 0 radical (unpaired) electrons. The molecule has 0 spiro atoms. The Balaban J connectivity index is 0.00000169. The lowest BCUT2D eigenvalue weighted by Gasteiger charge is -2.00. The predicted octanol–water partition coefficient (Wildman–Crippen LogP) is -1.88. The van der Waals surface area contributed by atoms with E-state index in [1.54, 1.807) is 0 Å². The summed E-state index contributed by atoms with van der Waals surface area (Å²) in [7, 11) is 0. The zero-order valence-electron chi connectivity index (χ0n) is 8.59. The number of carbonyl (C=O) groups excluding carboxylic acids is 1. The molecule has 1 heterocycles. The third-order valence-corrected chi connectivity index (χ3v) is 3.18. The van der Waals surface area contributed by atoms with Crippen LogP contribution in [0.25, 0.3) is 0 Å². The summed E-state index contributed by atoms with van der Waals surface area (Å²) in [6.45, 7) is 5.82. The van der Waals surface area contributed by atoms with Crippen LogP contribution in [0, 0.1) is 0 Å². The van der Waals surface area contributed by atoms with Crippen LogP contribution in [0.5, 0.6) is 0 Å². The normalized spacial score (nSPS) is 15.3. The molecule has 0 N–H and O–H groups in total. The van der Waals surface area contributed by atoms with Gasteiger partial charge < -0.3 is 21.7 Å². The predicted molar refractivity (Wildman–Crippen MR) is 54.4 cm³/mol. The number of halogens is 1. The van der Waals surface area contributed by atoms with Crippen LogP contribution in [0.3, 0.4) is 0 Å². The van der Waals surface area contributed by atoms with Crippen LogP contribution < -0.4 is 17.0 Å². The van der Waals surface area contributed by atoms with Crippen molar-refractivity contribution in [3.05, 3.63) is 0 Å². The number of esters is 1. The van der Waals surface area contributed by atoms with Gasteiger partial charge in [-0.1, -0.05) is 18.7 Å². The second-order valence-corrected chi connectivity index (χ2v) is 3.99. The number of hydrogen-bond donors (Lipinski definition) is 0. The molecule has 0 aromatic rings. The van der Waals surface area contributed by atoms with Crippen molar-refractivity contribution in [2.45, 2.75) is 20.3 Å². The quantitative estimate of drug-likeness (QED) is 0.446. The summed E-state index contributed by atoms with van der Waals surface area (Å²) in [6, 6.07) is 0. The first-order valence-corrected chi connectivity index (χ1v) is 5.65. The molecule has 1 rings (SSSR count). The Morgan fingerprint density at radius 2 is 2.29 bits per heavy atom. The molecule has 1 aliphatic rings. The minimum atomic E-state index is -0.115. The summed E-state index contributed by atoms with van der Waals surface area (Å²) in [5.41, 5.74) is 0. The second-order valence-electron chi connectivity index (χ2n) is 2.82. The van der Waals surface area contributed by atoms with Crippen LogP contribution in [-0.2, 0) is 9.53 Å². The van der Waals surface area contributed by atoms with Gasteiger partial charge in [-0.05, 0) is 6.92 Å². The van der Waals surface area contributed by atoms with Gasteiger partial charge in [-0.25, -0.2) is 9.37 Å². The summed E-state index contributed by atoms with van der Waals surface area (Å²) < 4.78 is 7.01.